The first-order valence-electron chi connectivity index (χ1n) is 9.92. The Morgan fingerprint density at radius 2 is 0.500 bits per heavy atom. The fourth-order valence-electron chi connectivity index (χ4n) is 2.98. The van der Waals surface area contributed by atoms with Crippen molar-refractivity contribution in [1.29, 1.82) is 0 Å². The molecule has 0 atom stereocenters. The third kappa shape index (κ3) is 19.9. The van der Waals surface area contributed by atoms with Crippen LogP contribution in [0.2, 0.25) is 0 Å². The van der Waals surface area contributed by atoms with E-state index in [0.29, 0.717) is 0 Å². The summed E-state index contributed by atoms with van der Waals surface area (Å²) >= 11 is 0. The molecule has 0 N–H and O–H groups in total. The lowest BCUT2D eigenvalue weighted by Crippen LogP contribution is -2.12. The second kappa shape index (κ2) is 17.3. The minimum atomic E-state index is 1.26. The summed E-state index contributed by atoms with van der Waals surface area (Å²) in [7, 11) is 8.68. The Morgan fingerprint density at radius 1 is 0.318 bits per heavy atom. The minimum absolute atomic E-state index is 1.26. The molecule has 22 heavy (non-hydrogen) atoms. The highest BCUT2D eigenvalue weighted by atomic mass is 15.0. The number of hydrogen-bond acceptors (Lipinski definition) is 2. The van der Waals surface area contributed by atoms with E-state index in [4.69, 9.17) is 0 Å². The Hall–Kier alpha value is -0.0800. The molecule has 2 heteroatoms. The molecule has 0 saturated carbocycles. The van der Waals surface area contributed by atoms with Crippen LogP contribution in [0, 0.1) is 0 Å². The van der Waals surface area contributed by atoms with Crippen LogP contribution in [-0.2, 0) is 0 Å². The molecule has 0 fully saturated rings. The predicted octanol–water partition coefficient (Wildman–Crippen LogP) is 5.57. The fraction of sp³-hybridized carbons (Fsp3) is 1.00. The van der Waals surface area contributed by atoms with Gasteiger partial charge in [-0.2, -0.15) is 0 Å². The SMILES string of the molecule is CN(C)CCCCCCCCCCCCCCCCN(C)C. The lowest BCUT2D eigenvalue weighted by molar-refractivity contribution is 0.388. The van der Waals surface area contributed by atoms with E-state index in [2.05, 4.69) is 38.0 Å². The molecular weight excluding hydrogens is 268 g/mol. The van der Waals surface area contributed by atoms with E-state index in [0.717, 1.165) is 0 Å². The maximum atomic E-state index is 2.29. The highest BCUT2D eigenvalue weighted by Crippen LogP contribution is 2.13. The summed E-state index contributed by atoms with van der Waals surface area (Å²) in [5, 5.41) is 0. The Balaban J connectivity index is 2.97. The zero-order valence-electron chi connectivity index (χ0n) is 16.2. The maximum absolute atomic E-state index is 2.29. The molecule has 0 aromatic heterocycles. The van der Waals surface area contributed by atoms with Crippen molar-refractivity contribution in [1.82, 2.24) is 9.80 Å². The van der Waals surface area contributed by atoms with Crippen molar-refractivity contribution in [2.75, 3.05) is 41.3 Å². The molecule has 0 saturated heterocycles. The van der Waals surface area contributed by atoms with Gasteiger partial charge in [-0.05, 0) is 54.1 Å². The van der Waals surface area contributed by atoms with Crippen molar-refractivity contribution in [2.45, 2.75) is 89.9 Å². The third-order valence-corrected chi connectivity index (χ3v) is 4.46. The van der Waals surface area contributed by atoms with Gasteiger partial charge in [0, 0.05) is 0 Å². The molecule has 0 amide bonds. The number of rotatable bonds is 17. The lowest BCUT2D eigenvalue weighted by atomic mass is 10.0. The summed E-state index contributed by atoms with van der Waals surface area (Å²) in [5.41, 5.74) is 0. The van der Waals surface area contributed by atoms with Crippen LogP contribution < -0.4 is 0 Å². The number of unbranched alkanes of at least 4 members (excludes halogenated alkanes) is 13. The molecule has 0 aromatic carbocycles. The average molecular weight is 313 g/mol. The summed E-state index contributed by atoms with van der Waals surface area (Å²) < 4.78 is 0. The number of nitrogens with zero attached hydrogens (tertiary/aromatic N) is 2. The first-order valence-corrected chi connectivity index (χ1v) is 9.92. The molecule has 0 heterocycles. The van der Waals surface area contributed by atoms with Crippen molar-refractivity contribution in [3.63, 3.8) is 0 Å². The van der Waals surface area contributed by atoms with Crippen molar-refractivity contribution in [2.24, 2.45) is 0 Å². The summed E-state index contributed by atoms with van der Waals surface area (Å²) in [5.74, 6) is 0. The lowest BCUT2D eigenvalue weighted by Gasteiger charge is -2.08. The van der Waals surface area contributed by atoms with Crippen molar-refractivity contribution >= 4 is 0 Å². The topological polar surface area (TPSA) is 6.48 Å². The smallest absolute Gasteiger partial charge is 0.00248 e. The molecular formula is C20H44N2. The van der Waals surface area contributed by atoms with Crippen molar-refractivity contribution in [3.8, 4) is 0 Å². The third-order valence-electron chi connectivity index (χ3n) is 4.46. The molecule has 0 radical (unpaired) electrons. The van der Waals surface area contributed by atoms with E-state index < -0.39 is 0 Å². The molecule has 0 aliphatic carbocycles. The normalized spacial score (nSPS) is 11.7. The van der Waals surface area contributed by atoms with Crippen LogP contribution in [0.15, 0.2) is 0 Å². The van der Waals surface area contributed by atoms with Crippen LogP contribution in [0.5, 0.6) is 0 Å². The van der Waals surface area contributed by atoms with Crippen LogP contribution in [0.1, 0.15) is 89.9 Å². The zero-order valence-corrected chi connectivity index (χ0v) is 16.2. The van der Waals surface area contributed by atoms with E-state index in [-0.39, 0.29) is 0 Å². The van der Waals surface area contributed by atoms with Gasteiger partial charge in [0.25, 0.3) is 0 Å². The van der Waals surface area contributed by atoms with E-state index in [1.807, 2.05) is 0 Å². The Morgan fingerprint density at radius 3 is 0.682 bits per heavy atom. The Kier molecular flexibility index (Phi) is 17.2. The Labute approximate surface area is 141 Å². The van der Waals surface area contributed by atoms with Gasteiger partial charge >= 0.3 is 0 Å². The molecule has 134 valence electrons. The molecule has 2 nitrogen and oxygen atoms in total. The van der Waals surface area contributed by atoms with Gasteiger partial charge in [0.15, 0.2) is 0 Å². The highest BCUT2D eigenvalue weighted by molar-refractivity contribution is 4.51. The first-order chi connectivity index (χ1) is 10.6. The van der Waals surface area contributed by atoms with Crippen LogP contribution in [-0.4, -0.2) is 51.1 Å². The monoisotopic (exact) mass is 312 g/mol. The minimum Gasteiger partial charge on any atom is -0.309 e. The molecule has 0 aromatic rings. The van der Waals surface area contributed by atoms with Crippen LogP contribution in [0.3, 0.4) is 0 Å². The Bertz CT molecular complexity index is 180. The highest BCUT2D eigenvalue weighted by Gasteiger charge is 1.95. The molecule has 0 rings (SSSR count). The quantitative estimate of drug-likeness (QED) is 0.324. The molecule has 0 bridgehead atoms. The van der Waals surface area contributed by atoms with Gasteiger partial charge in [0.2, 0.25) is 0 Å². The van der Waals surface area contributed by atoms with Crippen LogP contribution in [0.25, 0.3) is 0 Å². The number of hydrogen-bond donors (Lipinski definition) is 0. The van der Waals surface area contributed by atoms with Gasteiger partial charge in [-0.15, -0.1) is 0 Å². The second-order valence-electron chi connectivity index (χ2n) is 7.56. The summed E-state index contributed by atoms with van der Waals surface area (Å²) in [6.07, 6.45) is 20.2. The van der Waals surface area contributed by atoms with Gasteiger partial charge < -0.3 is 9.80 Å². The predicted molar refractivity (Wildman–Crippen MR) is 102 cm³/mol. The van der Waals surface area contributed by atoms with E-state index in [9.17, 15) is 0 Å². The zero-order chi connectivity index (χ0) is 16.5. The van der Waals surface area contributed by atoms with Crippen LogP contribution in [0.4, 0.5) is 0 Å². The standard InChI is InChI=1S/C20H44N2/c1-21(2)19-17-15-13-11-9-7-5-6-8-10-12-14-16-18-20-22(3)4/h5-20H2,1-4H3. The van der Waals surface area contributed by atoms with Crippen molar-refractivity contribution in [3.05, 3.63) is 0 Å². The van der Waals surface area contributed by atoms with Crippen molar-refractivity contribution < 1.29 is 0 Å². The molecule has 0 unspecified atom stereocenters. The molecule has 0 spiro atoms. The summed E-state index contributed by atoms with van der Waals surface area (Å²) in [6, 6.07) is 0. The fourth-order valence-corrected chi connectivity index (χ4v) is 2.98. The maximum Gasteiger partial charge on any atom is -0.00248 e. The van der Waals surface area contributed by atoms with E-state index in [1.165, 1.54) is 103 Å². The van der Waals surface area contributed by atoms with Gasteiger partial charge in [-0.3, -0.25) is 0 Å². The first kappa shape index (κ1) is 21.9. The van der Waals surface area contributed by atoms with Crippen LogP contribution >= 0.6 is 0 Å². The average Bonchev–Trinajstić information content (AvgIpc) is 2.46. The van der Waals surface area contributed by atoms with Gasteiger partial charge in [0.1, 0.15) is 0 Å². The van der Waals surface area contributed by atoms with Gasteiger partial charge in [-0.25, -0.2) is 0 Å². The summed E-state index contributed by atoms with van der Waals surface area (Å²) in [4.78, 5) is 4.59. The van der Waals surface area contributed by atoms with E-state index >= 15 is 0 Å². The summed E-state index contributed by atoms with van der Waals surface area (Å²) in [6.45, 7) is 2.52. The second-order valence-corrected chi connectivity index (χ2v) is 7.56. The van der Waals surface area contributed by atoms with Gasteiger partial charge in [-0.1, -0.05) is 77.0 Å². The molecule has 0 aliphatic heterocycles. The van der Waals surface area contributed by atoms with Gasteiger partial charge in [0.05, 0.1) is 0 Å². The largest absolute Gasteiger partial charge is 0.309 e. The molecule has 0 aliphatic rings. The van der Waals surface area contributed by atoms with E-state index in [1.54, 1.807) is 0 Å².